The lowest BCUT2D eigenvalue weighted by atomic mass is 10.1. The van der Waals surface area contributed by atoms with Gasteiger partial charge in [0.15, 0.2) is 0 Å². The summed E-state index contributed by atoms with van der Waals surface area (Å²) < 4.78 is 0. The van der Waals surface area contributed by atoms with Crippen LogP contribution in [0.1, 0.15) is 29.2 Å². The van der Waals surface area contributed by atoms with Crippen molar-refractivity contribution in [3.63, 3.8) is 0 Å². The second kappa shape index (κ2) is 2.62. The molecule has 60 valence electrons. The summed E-state index contributed by atoms with van der Waals surface area (Å²) in [5.74, 6) is 0. The highest BCUT2D eigenvalue weighted by molar-refractivity contribution is 5.41. The Morgan fingerprint density at radius 1 is 1.50 bits per heavy atom. The monoisotopic (exact) mass is 158 g/mol. The quantitative estimate of drug-likeness (QED) is 0.622. The summed E-state index contributed by atoms with van der Waals surface area (Å²) in [5, 5.41) is 8.65. The molecule has 1 unspecified atom stereocenters. The van der Waals surface area contributed by atoms with Crippen molar-refractivity contribution >= 4 is 0 Å². The molecule has 0 aliphatic heterocycles. The average molecular weight is 158 g/mol. The molecule has 1 aliphatic carbocycles. The first kappa shape index (κ1) is 7.33. The number of aryl methyl sites for hydroxylation is 1. The van der Waals surface area contributed by atoms with Gasteiger partial charge in [0.25, 0.3) is 0 Å². The first-order chi connectivity index (χ1) is 5.81. The fraction of sp³-hybridized carbons (Fsp3) is 0.300. The van der Waals surface area contributed by atoms with Crippen LogP contribution in [-0.2, 0) is 6.42 Å². The molecule has 0 fully saturated rings. The van der Waals surface area contributed by atoms with Gasteiger partial charge in [0.05, 0.1) is 11.6 Å². The fourth-order valence-electron chi connectivity index (χ4n) is 1.72. The lowest BCUT2D eigenvalue weighted by molar-refractivity contribution is 0.713. The Hall–Kier alpha value is -1.33. The smallest absolute Gasteiger partial charge is 0.0991 e. The predicted molar refractivity (Wildman–Crippen MR) is 46.4 cm³/mol. The third-order valence-electron chi connectivity index (χ3n) is 2.40. The summed E-state index contributed by atoms with van der Waals surface area (Å²) in [6.45, 7) is 0. The van der Waals surface area contributed by atoms with Gasteiger partial charge < -0.3 is 5.73 Å². The van der Waals surface area contributed by atoms with E-state index in [1.165, 1.54) is 11.1 Å². The molecule has 0 spiro atoms. The normalized spacial score (nSPS) is 20.2. The van der Waals surface area contributed by atoms with E-state index >= 15 is 0 Å². The Morgan fingerprint density at radius 2 is 2.33 bits per heavy atom. The lowest BCUT2D eigenvalue weighted by Gasteiger charge is -2.03. The van der Waals surface area contributed by atoms with E-state index in [0.29, 0.717) is 0 Å². The summed E-state index contributed by atoms with van der Waals surface area (Å²) in [4.78, 5) is 0. The number of fused-ring (bicyclic) bond motifs is 1. The molecule has 1 atom stereocenters. The van der Waals surface area contributed by atoms with Gasteiger partial charge in [0, 0.05) is 6.04 Å². The number of nitriles is 1. The first-order valence-corrected chi connectivity index (χ1v) is 4.10. The maximum Gasteiger partial charge on any atom is 0.0991 e. The minimum atomic E-state index is 0.188. The van der Waals surface area contributed by atoms with Gasteiger partial charge in [-0.25, -0.2) is 0 Å². The molecular weight excluding hydrogens is 148 g/mol. The van der Waals surface area contributed by atoms with Crippen molar-refractivity contribution in [1.82, 2.24) is 0 Å². The van der Waals surface area contributed by atoms with Crippen LogP contribution in [0.5, 0.6) is 0 Å². The number of nitrogens with two attached hydrogens (primary N) is 1. The van der Waals surface area contributed by atoms with Gasteiger partial charge in [-0.05, 0) is 36.1 Å². The molecule has 0 amide bonds. The predicted octanol–water partition coefficient (Wildman–Crippen LogP) is 1.50. The highest BCUT2D eigenvalue weighted by Gasteiger charge is 2.18. The molecule has 2 nitrogen and oxygen atoms in total. The molecule has 0 saturated heterocycles. The Balaban J connectivity index is 2.50. The van der Waals surface area contributed by atoms with Crippen LogP contribution >= 0.6 is 0 Å². The second-order valence-corrected chi connectivity index (χ2v) is 3.17. The minimum absolute atomic E-state index is 0.188. The Labute approximate surface area is 71.6 Å². The molecule has 0 saturated carbocycles. The molecule has 2 N–H and O–H groups in total. The van der Waals surface area contributed by atoms with E-state index in [2.05, 4.69) is 6.07 Å². The van der Waals surface area contributed by atoms with E-state index in [-0.39, 0.29) is 6.04 Å². The summed E-state index contributed by atoms with van der Waals surface area (Å²) >= 11 is 0. The molecule has 0 aromatic heterocycles. The van der Waals surface area contributed by atoms with E-state index < -0.39 is 0 Å². The van der Waals surface area contributed by atoms with Gasteiger partial charge in [0.2, 0.25) is 0 Å². The number of rotatable bonds is 0. The number of nitrogens with zero attached hydrogens (tertiary/aromatic N) is 1. The number of benzene rings is 1. The molecular formula is C10H10N2. The van der Waals surface area contributed by atoms with Gasteiger partial charge in [-0.3, -0.25) is 0 Å². The molecule has 0 heterocycles. The molecule has 0 bridgehead atoms. The van der Waals surface area contributed by atoms with Crippen molar-refractivity contribution in [2.75, 3.05) is 0 Å². The standard InChI is InChI=1S/C10H10N2/c11-6-7-1-3-9-8(5-7)2-4-10(9)12/h1,3,5,10H,2,4,12H2. The highest BCUT2D eigenvalue weighted by Crippen LogP contribution is 2.29. The molecule has 2 rings (SSSR count). The number of hydrogen-bond donors (Lipinski definition) is 1. The van der Waals surface area contributed by atoms with Crippen LogP contribution in [-0.4, -0.2) is 0 Å². The van der Waals surface area contributed by atoms with Gasteiger partial charge >= 0.3 is 0 Å². The van der Waals surface area contributed by atoms with Crippen molar-refractivity contribution in [3.8, 4) is 6.07 Å². The van der Waals surface area contributed by atoms with E-state index in [1.807, 2.05) is 18.2 Å². The molecule has 12 heavy (non-hydrogen) atoms. The summed E-state index contributed by atoms with van der Waals surface area (Å²) in [6, 6.07) is 8.08. The maximum absolute atomic E-state index is 8.65. The molecule has 1 aromatic rings. The van der Waals surface area contributed by atoms with Crippen molar-refractivity contribution in [1.29, 1.82) is 5.26 Å². The lowest BCUT2D eigenvalue weighted by Crippen LogP contribution is -2.04. The maximum atomic E-state index is 8.65. The van der Waals surface area contributed by atoms with Crippen molar-refractivity contribution in [2.24, 2.45) is 5.73 Å². The Bertz CT molecular complexity index is 349. The van der Waals surface area contributed by atoms with E-state index in [9.17, 15) is 0 Å². The van der Waals surface area contributed by atoms with E-state index in [0.717, 1.165) is 18.4 Å². The van der Waals surface area contributed by atoms with E-state index in [4.69, 9.17) is 11.0 Å². The van der Waals surface area contributed by atoms with Crippen LogP contribution in [0, 0.1) is 11.3 Å². The third kappa shape index (κ3) is 0.992. The highest BCUT2D eigenvalue weighted by atomic mass is 14.6. The topological polar surface area (TPSA) is 49.8 Å². The first-order valence-electron chi connectivity index (χ1n) is 4.10. The zero-order valence-electron chi connectivity index (χ0n) is 6.75. The van der Waals surface area contributed by atoms with Crippen molar-refractivity contribution < 1.29 is 0 Å². The van der Waals surface area contributed by atoms with Gasteiger partial charge in [0.1, 0.15) is 0 Å². The van der Waals surface area contributed by atoms with Crippen molar-refractivity contribution in [3.05, 3.63) is 34.9 Å². The Kier molecular flexibility index (Phi) is 1.60. The van der Waals surface area contributed by atoms with Crippen LogP contribution in [0.25, 0.3) is 0 Å². The van der Waals surface area contributed by atoms with E-state index in [1.54, 1.807) is 0 Å². The third-order valence-corrected chi connectivity index (χ3v) is 2.40. The second-order valence-electron chi connectivity index (χ2n) is 3.17. The molecule has 0 radical (unpaired) electrons. The Morgan fingerprint density at radius 3 is 3.08 bits per heavy atom. The van der Waals surface area contributed by atoms with Gasteiger partial charge in [-0.1, -0.05) is 6.07 Å². The van der Waals surface area contributed by atoms with Crippen molar-refractivity contribution in [2.45, 2.75) is 18.9 Å². The summed E-state index contributed by atoms with van der Waals surface area (Å²) in [7, 11) is 0. The fourth-order valence-corrected chi connectivity index (χ4v) is 1.72. The molecule has 1 aliphatic rings. The zero-order valence-corrected chi connectivity index (χ0v) is 6.75. The summed E-state index contributed by atoms with van der Waals surface area (Å²) in [5.41, 5.74) is 9.06. The number of hydrogen-bond acceptors (Lipinski definition) is 2. The van der Waals surface area contributed by atoms with Crippen LogP contribution in [0.2, 0.25) is 0 Å². The largest absolute Gasteiger partial charge is 0.324 e. The van der Waals surface area contributed by atoms with Crippen LogP contribution in [0.15, 0.2) is 18.2 Å². The van der Waals surface area contributed by atoms with Gasteiger partial charge in [-0.15, -0.1) is 0 Å². The summed E-state index contributed by atoms with van der Waals surface area (Å²) in [6.07, 6.45) is 2.04. The minimum Gasteiger partial charge on any atom is -0.324 e. The SMILES string of the molecule is N#Cc1ccc2c(c1)CCC2N. The van der Waals surface area contributed by atoms with Crippen LogP contribution in [0.4, 0.5) is 0 Å². The zero-order chi connectivity index (χ0) is 8.55. The molecule has 2 heteroatoms. The average Bonchev–Trinajstić information content (AvgIpc) is 2.47. The van der Waals surface area contributed by atoms with Gasteiger partial charge in [-0.2, -0.15) is 5.26 Å². The molecule has 1 aromatic carbocycles. The van der Waals surface area contributed by atoms with Crippen LogP contribution < -0.4 is 5.73 Å². The van der Waals surface area contributed by atoms with Crippen LogP contribution in [0.3, 0.4) is 0 Å².